The molecule has 0 saturated heterocycles. The summed E-state index contributed by atoms with van der Waals surface area (Å²) in [7, 11) is 0. The minimum Gasteiger partial charge on any atom is -0.507 e. The number of phenols is 4. The van der Waals surface area contributed by atoms with Crippen molar-refractivity contribution in [2.75, 3.05) is 19.6 Å². The molecule has 0 aliphatic carbocycles. The minimum atomic E-state index is -0.106. The molecule has 0 saturated carbocycles. The molecule has 0 fully saturated rings. The SMILES string of the molecule is CCc1cc(N=Nc2ccc(N(c3ccccc3)c3ccccc3)cc2)cc(Cc2cc(N=Nc3ccc(N(c4ccccc4)c4ccccc4)cc3)cc(Cc3cc(N=Nc4ccc(N(c5ccccc5)c5ccccc5)cc4)cc(Cc4cc(N=Nc5ccc(N(c6ccccc6)c6ccccc6)cc5)cc(C)c4O)c3O)c2O)c1O. The molecule has 0 aliphatic rings. The van der Waals surface area contributed by atoms with Gasteiger partial charge in [-0.1, -0.05) is 153 Å². The van der Waals surface area contributed by atoms with Gasteiger partial charge in [-0.3, -0.25) is 0 Å². The Bertz CT molecular complexity index is 6060. The van der Waals surface area contributed by atoms with Crippen LogP contribution in [-0.4, -0.2) is 20.4 Å². The molecule has 0 aliphatic heterocycles. The van der Waals surface area contributed by atoms with E-state index in [0.29, 0.717) is 96.4 Å². The van der Waals surface area contributed by atoms with Gasteiger partial charge in [0.2, 0.25) is 0 Å². The van der Waals surface area contributed by atoms with E-state index >= 15 is 0 Å². The number of hydrogen-bond donors (Lipinski definition) is 4. The predicted molar refractivity (Wildman–Crippen MR) is 476 cm³/mol. The molecule has 16 heteroatoms. The third-order valence-corrected chi connectivity index (χ3v) is 20.3. The summed E-state index contributed by atoms with van der Waals surface area (Å²) in [5, 5.41) is 88.3. The van der Waals surface area contributed by atoms with Crippen molar-refractivity contribution in [2.24, 2.45) is 40.9 Å². The number of para-hydroxylation sites is 8. The molecule has 0 atom stereocenters. The maximum atomic E-state index is 12.9. The molecule has 16 aromatic carbocycles. The Kier molecular flexibility index (Phi) is 23.3. The highest BCUT2D eigenvalue weighted by Crippen LogP contribution is 2.45. The Balaban J connectivity index is 0.757. The quantitative estimate of drug-likeness (QED) is 0.0365. The molecule has 0 radical (unpaired) electrons. The van der Waals surface area contributed by atoms with Crippen LogP contribution in [0.1, 0.15) is 51.4 Å². The second-order valence-corrected chi connectivity index (χ2v) is 28.4. The molecule has 0 bridgehead atoms. The highest BCUT2D eigenvalue weighted by atomic mass is 16.3. The van der Waals surface area contributed by atoms with E-state index in [1.54, 1.807) is 49.4 Å². The van der Waals surface area contributed by atoms with E-state index in [-0.39, 0.29) is 42.3 Å². The lowest BCUT2D eigenvalue weighted by molar-refractivity contribution is 0.453. The number of nitrogens with zero attached hydrogens (tertiary/aromatic N) is 12. The number of phenolic OH excluding ortho intramolecular Hbond substituents is 4. The topological polar surface area (TPSA) is 193 Å². The van der Waals surface area contributed by atoms with Crippen LogP contribution in [0, 0.1) is 6.92 Å². The maximum absolute atomic E-state index is 12.9. The van der Waals surface area contributed by atoms with E-state index in [9.17, 15) is 20.4 Å². The van der Waals surface area contributed by atoms with Gasteiger partial charge in [0.25, 0.3) is 0 Å². The number of azo groups is 4. The average Bonchev–Trinajstić information content (AvgIpc) is 0.809. The normalized spacial score (nSPS) is 11.4. The van der Waals surface area contributed by atoms with E-state index in [1.165, 1.54) is 0 Å². The molecule has 0 amide bonds. The van der Waals surface area contributed by atoms with Crippen molar-refractivity contribution in [3.8, 4) is 23.0 Å². The number of hydrogen-bond acceptors (Lipinski definition) is 16. The lowest BCUT2D eigenvalue weighted by Gasteiger charge is -2.25. The Morgan fingerprint density at radius 3 is 0.551 bits per heavy atom. The molecule has 574 valence electrons. The highest BCUT2D eigenvalue weighted by Gasteiger charge is 2.23. The van der Waals surface area contributed by atoms with Crippen LogP contribution in [-0.2, 0) is 25.7 Å². The number of aromatic hydroxyl groups is 4. The van der Waals surface area contributed by atoms with Gasteiger partial charge in [0, 0.05) is 121 Å². The lowest BCUT2D eigenvalue weighted by atomic mass is 9.92. The highest BCUT2D eigenvalue weighted by molar-refractivity contribution is 5.81. The molecule has 0 aromatic heterocycles. The van der Waals surface area contributed by atoms with Gasteiger partial charge in [0.05, 0.1) is 45.5 Å². The Morgan fingerprint density at radius 2 is 0.347 bits per heavy atom. The molecular weight excluding hydrogens is 1460 g/mol. The molecule has 16 aromatic rings. The zero-order valence-electron chi connectivity index (χ0n) is 64.9. The van der Waals surface area contributed by atoms with Crippen LogP contribution in [0.5, 0.6) is 23.0 Å². The zero-order chi connectivity index (χ0) is 80.5. The van der Waals surface area contributed by atoms with Gasteiger partial charge in [-0.15, -0.1) is 0 Å². The van der Waals surface area contributed by atoms with Gasteiger partial charge in [0.15, 0.2) is 0 Å². The molecule has 16 rings (SSSR count). The molecular formula is C102H82N12O4. The summed E-state index contributed by atoms with van der Waals surface area (Å²) >= 11 is 0. The Morgan fingerprint density at radius 1 is 0.186 bits per heavy atom. The van der Waals surface area contributed by atoms with E-state index in [1.807, 2.05) is 256 Å². The van der Waals surface area contributed by atoms with Crippen molar-refractivity contribution in [3.05, 3.63) is 433 Å². The molecule has 118 heavy (non-hydrogen) atoms. The van der Waals surface area contributed by atoms with Crippen LogP contribution < -0.4 is 19.6 Å². The van der Waals surface area contributed by atoms with Crippen molar-refractivity contribution in [2.45, 2.75) is 39.5 Å². The monoisotopic (exact) mass is 1540 g/mol. The fraction of sp³-hybridized carbons (Fsp3) is 0.0588. The largest absolute Gasteiger partial charge is 0.507 e. The number of rotatable bonds is 27. The third kappa shape index (κ3) is 18.0. The van der Waals surface area contributed by atoms with Gasteiger partial charge in [0.1, 0.15) is 23.0 Å². The first-order valence-electron chi connectivity index (χ1n) is 39.0. The van der Waals surface area contributed by atoms with Gasteiger partial charge in [-0.2, -0.15) is 40.9 Å². The summed E-state index contributed by atoms with van der Waals surface area (Å²) in [5.41, 5.74) is 19.5. The summed E-state index contributed by atoms with van der Waals surface area (Å²) in [6.07, 6.45) is 0.451. The summed E-state index contributed by atoms with van der Waals surface area (Å²) in [5.74, 6) is -0.144. The van der Waals surface area contributed by atoms with Crippen LogP contribution in [0.2, 0.25) is 0 Å². The Hall–Kier alpha value is -15.7. The zero-order valence-corrected chi connectivity index (χ0v) is 64.9. The Labute approximate surface area is 685 Å². The van der Waals surface area contributed by atoms with Crippen LogP contribution in [0.4, 0.5) is 114 Å². The lowest BCUT2D eigenvalue weighted by Crippen LogP contribution is -2.09. The van der Waals surface area contributed by atoms with Crippen molar-refractivity contribution < 1.29 is 20.4 Å². The predicted octanol–water partition coefficient (Wildman–Crippen LogP) is 29.7. The fourth-order valence-corrected chi connectivity index (χ4v) is 14.5. The second kappa shape index (κ2) is 36.0. The van der Waals surface area contributed by atoms with E-state index < -0.39 is 0 Å². The van der Waals surface area contributed by atoms with Crippen molar-refractivity contribution in [1.82, 2.24) is 0 Å². The number of aryl methyl sites for hydroxylation is 2. The fourth-order valence-electron chi connectivity index (χ4n) is 14.5. The van der Waals surface area contributed by atoms with Gasteiger partial charge < -0.3 is 40.0 Å². The van der Waals surface area contributed by atoms with Crippen LogP contribution >= 0.6 is 0 Å². The number of anilines is 12. The molecule has 4 N–H and O–H groups in total. The molecule has 16 nitrogen and oxygen atoms in total. The van der Waals surface area contributed by atoms with Gasteiger partial charge in [-0.05, 0) is 267 Å². The second-order valence-electron chi connectivity index (χ2n) is 28.4. The number of benzene rings is 16. The molecule has 0 heterocycles. The summed E-state index contributed by atoms with van der Waals surface area (Å²) in [6.45, 7) is 3.76. The average molecular weight is 1540 g/mol. The first-order valence-corrected chi connectivity index (χ1v) is 39.0. The van der Waals surface area contributed by atoms with E-state index in [4.69, 9.17) is 35.8 Å². The van der Waals surface area contributed by atoms with Crippen molar-refractivity contribution in [3.63, 3.8) is 0 Å². The van der Waals surface area contributed by atoms with Crippen LogP contribution in [0.15, 0.2) is 429 Å². The summed E-state index contributed by atoms with van der Waals surface area (Å²) in [6, 6.07) is 127. The summed E-state index contributed by atoms with van der Waals surface area (Å²) in [4.78, 5) is 8.69. The molecule has 0 spiro atoms. The maximum Gasteiger partial charge on any atom is 0.122 e. The summed E-state index contributed by atoms with van der Waals surface area (Å²) < 4.78 is 0. The third-order valence-electron chi connectivity index (χ3n) is 20.3. The van der Waals surface area contributed by atoms with Crippen LogP contribution in [0.3, 0.4) is 0 Å². The minimum absolute atomic E-state index is 0.0156. The first-order chi connectivity index (χ1) is 58.0. The first kappa shape index (κ1) is 76.3. The van der Waals surface area contributed by atoms with Crippen LogP contribution in [0.25, 0.3) is 0 Å². The smallest absolute Gasteiger partial charge is 0.122 e. The van der Waals surface area contributed by atoms with E-state index in [0.717, 1.165) is 68.2 Å². The van der Waals surface area contributed by atoms with Crippen molar-refractivity contribution >= 4 is 114 Å². The van der Waals surface area contributed by atoms with Gasteiger partial charge >= 0.3 is 0 Å². The molecule has 0 unspecified atom stereocenters. The van der Waals surface area contributed by atoms with Crippen molar-refractivity contribution in [1.29, 1.82) is 0 Å². The van der Waals surface area contributed by atoms with Gasteiger partial charge in [-0.25, -0.2) is 0 Å². The standard InChI is InChI=1S/C102H82N12O4/c1-3-72-64-84(108-104-80-46-54-96(55-47-80)112(89-32-16-6-17-33-89)90-34-18-7-19-35-90)66-74(100(72)116)62-76-68-86(110-106-82-50-58-98(59-51-82)114(93-40-24-10-25-41-93)94-42-26-11-27-43-94)70-78(102(76)118)63-77-69-85(109-105-81-48-56-97(57-49-81)113(91-36-20-8-21-37-91)92-38-22-9-23-39-92)67-75(101(77)117)61-73-65-83(60-71(2)99(73)115)107-103-79-44-52-95(53-45-79)111(87-28-12-4-13-29-87)88-30-14-5-15-31-88/h4-60,64-70,115-118H,3,61-63H2,1-2H3. The van der Waals surface area contributed by atoms with E-state index in [2.05, 4.69) is 122 Å².